The summed E-state index contributed by atoms with van der Waals surface area (Å²) in [6, 6.07) is 6.66. The lowest BCUT2D eigenvalue weighted by molar-refractivity contribution is 0.0686. The first-order chi connectivity index (χ1) is 11.6. The maximum atomic E-state index is 13.4. The molecule has 0 radical (unpaired) electrons. The molecule has 1 heterocycles. The van der Waals surface area contributed by atoms with Crippen molar-refractivity contribution in [3.63, 3.8) is 0 Å². The van der Waals surface area contributed by atoms with Crippen LogP contribution in [0, 0.1) is 5.82 Å². The number of likely N-dealkylation sites (N-methyl/N-ethyl adjacent to an activating group) is 1. The lowest BCUT2D eigenvalue weighted by Gasteiger charge is -2.25. The highest BCUT2D eigenvalue weighted by atomic mass is 32.2. The van der Waals surface area contributed by atoms with Crippen molar-refractivity contribution in [2.24, 2.45) is 7.05 Å². The van der Waals surface area contributed by atoms with E-state index in [1.807, 2.05) is 0 Å². The maximum absolute atomic E-state index is 13.4. The molecule has 0 saturated carbocycles. The summed E-state index contributed by atoms with van der Waals surface area (Å²) in [5.41, 5.74) is 0.502. The van der Waals surface area contributed by atoms with E-state index >= 15 is 0 Å². The molecule has 0 aliphatic heterocycles. The quantitative estimate of drug-likeness (QED) is 0.771. The van der Waals surface area contributed by atoms with E-state index in [4.69, 9.17) is 5.11 Å². The Bertz CT molecular complexity index is 877. The van der Waals surface area contributed by atoms with Crippen LogP contribution in [0.2, 0.25) is 0 Å². The van der Waals surface area contributed by atoms with Crippen LogP contribution in [0.4, 0.5) is 4.39 Å². The van der Waals surface area contributed by atoms with Crippen molar-refractivity contribution in [1.82, 2.24) is 14.2 Å². The lowest BCUT2D eigenvalue weighted by Crippen LogP contribution is -2.34. The van der Waals surface area contributed by atoms with Gasteiger partial charge in [-0.3, -0.25) is 0 Å². The Labute approximate surface area is 145 Å². The van der Waals surface area contributed by atoms with Gasteiger partial charge in [-0.05, 0) is 37.9 Å². The summed E-state index contributed by atoms with van der Waals surface area (Å²) in [5, 5.41) is 9.03. The molecule has 1 aromatic carbocycles. The molecule has 2 rings (SSSR count). The third-order valence-corrected chi connectivity index (χ3v) is 5.22. The first-order valence-corrected chi connectivity index (χ1v) is 8.91. The minimum atomic E-state index is -3.90. The number of aryl methyl sites for hydroxylation is 1. The molecule has 2 N–H and O–H groups in total. The predicted octanol–water partition coefficient (Wildman–Crippen LogP) is 1.44. The maximum Gasteiger partial charge on any atom is 0.352 e. The lowest BCUT2D eigenvalue weighted by atomic mass is 10.1. The van der Waals surface area contributed by atoms with Gasteiger partial charge in [-0.25, -0.2) is 22.3 Å². The van der Waals surface area contributed by atoms with Gasteiger partial charge in [0.15, 0.2) is 0 Å². The number of carboxylic acids is 1. The second kappa shape index (κ2) is 7.34. The van der Waals surface area contributed by atoms with Gasteiger partial charge in [-0.1, -0.05) is 12.1 Å². The minimum Gasteiger partial charge on any atom is -0.477 e. The van der Waals surface area contributed by atoms with E-state index in [0.717, 1.165) is 6.07 Å². The first-order valence-electron chi connectivity index (χ1n) is 7.43. The van der Waals surface area contributed by atoms with Crippen LogP contribution < -0.4 is 4.72 Å². The predicted molar refractivity (Wildman–Crippen MR) is 90.4 cm³/mol. The molecule has 0 spiro atoms. The Balaban J connectivity index is 2.22. The van der Waals surface area contributed by atoms with Gasteiger partial charge in [0, 0.05) is 25.8 Å². The molecular weight excluding hydrogens is 349 g/mol. The van der Waals surface area contributed by atoms with E-state index in [9.17, 15) is 17.6 Å². The summed E-state index contributed by atoms with van der Waals surface area (Å²) < 4.78 is 42.0. The van der Waals surface area contributed by atoms with E-state index in [2.05, 4.69) is 4.72 Å². The topological polar surface area (TPSA) is 91.6 Å². The van der Waals surface area contributed by atoms with Crippen molar-refractivity contribution in [3.8, 4) is 0 Å². The van der Waals surface area contributed by atoms with Crippen LogP contribution >= 0.6 is 0 Å². The number of aromatic nitrogens is 1. The average Bonchev–Trinajstić information content (AvgIpc) is 2.90. The summed E-state index contributed by atoms with van der Waals surface area (Å²) in [6.45, 7) is 0.0100. The van der Waals surface area contributed by atoms with Gasteiger partial charge < -0.3 is 14.6 Å². The number of carboxylic acid groups (broad SMARTS) is 1. The summed E-state index contributed by atoms with van der Waals surface area (Å²) in [6.07, 6.45) is 1.23. The smallest absolute Gasteiger partial charge is 0.352 e. The van der Waals surface area contributed by atoms with Gasteiger partial charge >= 0.3 is 5.97 Å². The second-order valence-electron chi connectivity index (χ2n) is 5.86. The van der Waals surface area contributed by atoms with Crippen molar-refractivity contribution in [1.29, 1.82) is 0 Å². The number of nitrogens with one attached hydrogen (secondary N) is 1. The van der Waals surface area contributed by atoms with E-state index in [1.54, 1.807) is 31.1 Å². The molecule has 1 unspecified atom stereocenters. The van der Waals surface area contributed by atoms with E-state index in [1.165, 1.54) is 29.9 Å². The zero-order valence-corrected chi connectivity index (χ0v) is 14.9. The van der Waals surface area contributed by atoms with Crippen LogP contribution in [0.25, 0.3) is 0 Å². The zero-order valence-electron chi connectivity index (χ0n) is 14.1. The van der Waals surface area contributed by atoms with Gasteiger partial charge in [0.1, 0.15) is 16.4 Å². The Kier molecular flexibility index (Phi) is 5.61. The summed E-state index contributed by atoms with van der Waals surface area (Å²) in [4.78, 5) is 12.7. The molecule has 0 aliphatic carbocycles. The highest BCUT2D eigenvalue weighted by molar-refractivity contribution is 7.89. The van der Waals surface area contributed by atoms with Crippen LogP contribution in [0.5, 0.6) is 0 Å². The monoisotopic (exact) mass is 369 g/mol. The summed E-state index contributed by atoms with van der Waals surface area (Å²) in [5.74, 6) is -1.61. The Morgan fingerprint density at radius 2 is 2.04 bits per heavy atom. The van der Waals surface area contributed by atoms with Crippen LogP contribution in [-0.2, 0) is 17.1 Å². The number of aromatic carboxylic acids is 1. The van der Waals surface area contributed by atoms with Crippen molar-refractivity contribution in [3.05, 3.63) is 53.6 Å². The van der Waals surface area contributed by atoms with E-state index in [-0.39, 0.29) is 23.2 Å². The van der Waals surface area contributed by atoms with Gasteiger partial charge in [0.2, 0.25) is 10.0 Å². The number of rotatable bonds is 7. The molecule has 25 heavy (non-hydrogen) atoms. The first kappa shape index (κ1) is 19.1. The van der Waals surface area contributed by atoms with Crippen molar-refractivity contribution >= 4 is 16.0 Å². The Hall–Kier alpha value is -2.23. The zero-order chi connectivity index (χ0) is 18.8. The fraction of sp³-hybridized carbons (Fsp3) is 0.312. The number of hydrogen-bond donors (Lipinski definition) is 2. The molecule has 2 aromatic rings. The highest BCUT2D eigenvalue weighted by Crippen LogP contribution is 2.20. The number of sulfonamides is 1. The Morgan fingerprint density at radius 3 is 2.56 bits per heavy atom. The summed E-state index contributed by atoms with van der Waals surface area (Å²) in [7, 11) is 1.08. The van der Waals surface area contributed by atoms with Crippen molar-refractivity contribution in [2.75, 3.05) is 20.6 Å². The molecule has 9 heteroatoms. The van der Waals surface area contributed by atoms with Gasteiger partial charge in [-0.15, -0.1) is 0 Å². The Morgan fingerprint density at radius 1 is 1.36 bits per heavy atom. The molecule has 0 fully saturated rings. The fourth-order valence-electron chi connectivity index (χ4n) is 2.48. The van der Waals surface area contributed by atoms with Crippen molar-refractivity contribution < 1.29 is 22.7 Å². The number of halogens is 1. The van der Waals surface area contributed by atoms with Crippen LogP contribution in [-0.4, -0.2) is 49.6 Å². The number of benzene rings is 1. The SMILES string of the molecule is CN(C)C(CNS(=O)(=O)c1cc(C(=O)O)n(C)c1)c1cccc(F)c1. The molecule has 0 saturated heterocycles. The van der Waals surface area contributed by atoms with Gasteiger partial charge in [-0.2, -0.15) is 0 Å². The van der Waals surface area contributed by atoms with E-state index < -0.39 is 21.8 Å². The molecule has 136 valence electrons. The molecule has 0 aliphatic rings. The number of hydrogen-bond acceptors (Lipinski definition) is 4. The fourth-order valence-corrected chi connectivity index (χ4v) is 3.59. The second-order valence-corrected chi connectivity index (χ2v) is 7.63. The summed E-state index contributed by atoms with van der Waals surface area (Å²) >= 11 is 0. The molecule has 1 aromatic heterocycles. The van der Waals surface area contributed by atoms with Gasteiger partial charge in [0.05, 0.1) is 0 Å². The third-order valence-electron chi connectivity index (χ3n) is 3.83. The van der Waals surface area contributed by atoms with Crippen LogP contribution in [0.3, 0.4) is 0 Å². The molecular formula is C16H20FN3O4S. The van der Waals surface area contributed by atoms with Crippen LogP contribution in [0.1, 0.15) is 22.1 Å². The third kappa shape index (κ3) is 4.44. The standard InChI is InChI=1S/C16H20FN3O4S/c1-19(2)15(11-5-4-6-12(17)7-11)9-18-25(23,24)13-8-14(16(21)22)20(3)10-13/h4-8,10,15,18H,9H2,1-3H3,(H,21,22). The largest absolute Gasteiger partial charge is 0.477 e. The number of nitrogens with zero attached hydrogens (tertiary/aromatic N) is 2. The van der Waals surface area contributed by atoms with Crippen molar-refractivity contribution in [2.45, 2.75) is 10.9 Å². The molecule has 0 bridgehead atoms. The normalized spacial score (nSPS) is 13.2. The minimum absolute atomic E-state index is 0.0100. The van der Waals surface area contributed by atoms with Gasteiger partial charge in [0.25, 0.3) is 0 Å². The molecule has 7 nitrogen and oxygen atoms in total. The van der Waals surface area contributed by atoms with E-state index in [0.29, 0.717) is 5.56 Å². The number of carbonyl (C=O) groups is 1. The average molecular weight is 369 g/mol. The van der Waals surface area contributed by atoms with Crippen LogP contribution in [0.15, 0.2) is 41.4 Å². The highest BCUT2D eigenvalue weighted by Gasteiger charge is 2.23. The molecule has 1 atom stereocenters. The molecule has 0 amide bonds.